The van der Waals surface area contributed by atoms with Crippen molar-refractivity contribution in [1.29, 1.82) is 0 Å². The van der Waals surface area contributed by atoms with Crippen molar-refractivity contribution in [1.82, 2.24) is 14.9 Å². The summed E-state index contributed by atoms with van der Waals surface area (Å²) < 4.78 is 31.1. The topological polar surface area (TPSA) is 58.6 Å². The zero-order chi connectivity index (χ0) is 20.8. The van der Waals surface area contributed by atoms with Gasteiger partial charge < -0.3 is 14.5 Å². The third-order valence-corrected chi connectivity index (χ3v) is 6.61. The number of ether oxygens (including phenoxy) is 1. The molecule has 2 aromatic heterocycles. The highest BCUT2D eigenvalue weighted by atomic mass is 32.1. The van der Waals surface area contributed by atoms with E-state index in [0.29, 0.717) is 18.0 Å². The number of fused-ring (bicyclic) bond motifs is 1. The average Bonchev–Trinajstić information content (AvgIpc) is 3.31. The summed E-state index contributed by atoms with van der Waals surface area (Å²) in [6.07, 6.45) is 0.518. The molecular weight excluding hydrogens is 398 g/mol. The van der Waals surface area contributed by atoms with Crippen molar-refractivity contribution in [3.63, 3.8) is 0 Å². The highest BCUT2D eigenvalue weighted by molar-refractivity contribution is 7.18. The molecule has 0 N–H and O–H groups in total. The van der Waals surface area contributed by atoms with Crippen LogP contribution in [-0.2, 0) is 11.2 Å². The zero-order valence-corrected chi connectivity index (χ0v) is 17.8. The molecule has 29 heavy (non-hydrogen) atoms. The molecule has 0 aliphatic carbocycles. The number of alkyl halides is 2. The van der Waals surface area contributed by atoms with E-state index < -0.39 is 12.0 Å². The third-order valence-electron chi connectivity index (χ3n) is 5.54. The molecule has 2 fully saturated rings. The summed E-state index contributed by atoms with van der Waals surface area (Å²) in [5.74, 6) is 0.805. The molecule has 2 aliphatic heterocycles. The summed E-state index contributed by atoms with van der Waals surface area (Å²) in [5, 5.41) is 0.840. The summed E-state index contributed by atoms with van der Waals surface area (Å²) in [6, 6.07) is 1.80. The van der Waals surface area contributed by atoms with Gasteiger partial charge in [-0.2, -0.15) is 0 Å². The van der Waals surface area contributed by atoms with Crippen LogP contribution in [-0.4, -0.2) is 59.2 Å². The van der Waals surface area contributed by atoms with Crippen LogP contribution in [0.5, 0.6) is 0 Å². The van der Waals surface area contributed by atoms with Gasteiger partial charge in [-0.05, 0) is 39.7 Å². The lowest BCUT2D eigenvalue weighted by atomic mass is 9.86. The van der Waals surface area contributed by atoms with Crippen LogP contribution < -0.4 is 4.90 Å². The number of hydrogen-bond donors (Lipinski definition) is 0. The SMILES string of the molecule is CC(C)(C)OC(=O)N1CCC2(CCN(c3ncnc4sc(CC(F)F)cc34)C2)C1. The standard InChI is InChI=1S/C20H26F2N4O2S/c1-19(2,3)28-18(27)26-7-5-20(11-26)4-6-25(10-20)16-14-8-13(9-15(21)22)29-17(14)24-12-23-16/h8,12,15H,4-7,9-11H2,1-3H3. The minimum Gasteiger partial charge on any atom is -0.444 e. The molecule has 0 bridgehead atoms. The number of likely N-dealkylation sites (tertiary alicyclic amines) is 1. The van der Waals surface area contributed by atoms with Gasteiger partial charge in [0.2, 0.25) is 6.43 Å². The fraction of sp³-hybridized carbons (Fsp3) is 0.650. The lowest BCUT2D eigenvalue weighted by Gasteiger charge is -2.27. The van der Waals surface area contributed by atoms with E-state index in [4.69, 9.17) is 4.74 Å². The Balaban J connectivity index is 1.49. The Morgan fingerprint density at radius 2 is 2.03 bits per heavy atom. The molecule has 0 aromatic carbocycles. The third kappa shape index (κ3) is 4.29. The summed E-state index contributed by atoms with van der Waals surface area (Å²) in [4.78, 5) is 26.5. The number of hydrogen-bond acceptors (Lipinski definition) is 6. The first kappa shape index (κ1) is 20.3. The number of aromatic nitrogens is 2. The van der Waals surface area contributed by atoms with Crippen LogP contribution in [0.3, 0.4) is 0 Å². The Morgan fingerprint density at radius 3 is 2.76 bits per heavy atom. The molecule has 0 radical (unpaired) electrons. The fourth-order valence-corrected chi connectivity index (χ4v) is 5.26. The Bertz CT molecular complexity index is 914. The Hall–Kier alpha value is -2.03. The quantitative estimate of drug-likeness (QED) is 0.734. The van der Waals surface area contributed by atoms with Gasteiger partial charge in [0.1, 0.15) is 22.6 Å². The molecule has 6 nitrogen and oxygen atoms in total. The van der Waals surface area contributed by atoms with Gasteiger partial charge in [0.15, 0.2) is 0 Å². The van der Waals surface area contributed by atoms with Crippen molar-refractivity contribution in [2.75, 3.05) is 31.1 Å². The van der Waals surface area contributed by atoms with Crippen molar-refractivity contribution in [3.8, 4) is 0 Å². The van der Waals surface area contributed by atoms with Crippen LogP contribution in [0.1, 0.15) is 38.5 Å². The fourth-order valence-electron chi connectivity index (χ4n) is 4.26. The molecule has 1 atom stereocenters. The van der Waals surface area contributed by atoms with Gasteiger partial charge in [-0.25, -0.2) is 23.5 Å². The largest absolute Gasteiger partial charge is 0.444 e. The van der Waals surface area contributed by atoms with Crippen molar-refractivity contribution in [2.24, 2.45) is 5.41 Å². The minimum absolute atomic E-state index is 0.0238. The van der Waals surface area contributed by atoms with Gasteiger partial charge in [-0.15, -0.1) is 11.3 Å². The maximum Gasteiger partial charge on any atom is 0.410 e. The van der Waals surface area contributed by atoms with Gasteiger partial charge >= 0.3 is 6.09 Å². The minimum atomic E-state index is -2.37. The monoisotopic (exact) mass is 424 g/mol. The molecule has 1 amide bonds. The summed E-state index contributed by atoms with van der Waals surface area (Å²) in [7, 11) is 0. The molecule has 9 heteroatoms. The van der Waals surface area contributed by atoms with E-state index in [1.807, 2.05) is 20.8 Å². The van der Waals surface area contributed by atoms with E-state index in [1.165, 1.54) is 17.7 Å². The lowest BCUT2D eigenvalue weighted by Crippen LogP contribution is -2.37. The first-order chi connectivity index (χ1) is 13.6. The average molecular weight is 425 g/mol. The summed E-state index contributed by atoms with van der Waals surface area (Å²) >= 11 is 1.30. The second kappa shape index (κ2) is 7.34. The molecule has 2 aromatic rings. The Morgan fingerprint density at radius 1 is 1.28 bits per heavy atom. The Kier molecular flexibility index (Phi) is 5.13. The van der Waals surface area contributed by atoms with E-state index in [9.17, 15) is 13.6 Å². The predicted octanol–water partition coefficient (Wildman–Crippen LogP) is 4.34. The number of nitrogens with zero attached hydrogens (tertiary/aromatic N) is 4. The second-order valence-electron chi connectivity index (χ2n) is 9.05. The van der Waals surface area contributed by atoms with Crippen LogP contribution >= 0.6 is 11.3 Å². The summed E-state index contributed by atoms with van der Waals surface area (Å²) in [5.41, 5.74) is -0.480. The number of thiophene rings is 1. The normalized spacial score (nSPS) is 22.4. The van der Waals surface area contributed by atoms with Crippen LogP contribution in [0, 0.1) is 5.41 Å². The first-order valence-corrected chi connectivity index (χ1v) is 10.7. The van der Waals surface area contributed by atoms with E-state index in [0.717, 1.165) is 42.0 Å². The molecule has 4 rings (SSSR count). The van der Waals surface area contributed by atoms with Gasteiger partial charge in [0.05, 0.1) is 5.39 Å². The smallest absolute Gasteiger partial charge is 0.410 e. The summed E-state index contributed by atoms with van der Waals surface area (Å²) in [6.45, 7) is 8.60. The van der Waals surface area contributed by atoms with Gasteiger partial charge in [-0.1, -0.05) is 0 Å². The van der Waals surface area contributed by atoms with Crippen molar-refractivity contribution in [2.45, 2.75) is 52.1 Å². The van der Waals surface area contributed by atoms with E-state index in [1.54, 1.807) is 11.0 Å². The molecule has 1 unspecified atom stereocenters. The highest BCUT2D eigenvalue weighted by Gasteiger charge is 2.46. The highest BCUT2D eigenvalue weighted by Crippen LogP contribution is 2.43. The van der Waals surface area contributed by atoms with E-state index in [-0.39, 0.29) is 17.9 Å². The van der Waals surface area contributed by atoms with Gasteiger partial charge in [-0.3, -0.25) is 0 Å². The maximum absolute atomic E-state index is 12.8. The zero-order valence-electron chi connectivity index (χ0n) is 17.0. The van der Waals surface area contributed by atoms with Crippen LogP contribution in [0.2, 0.25) is 0 Å². The Labute approximate surface area is 172 Å². The molecule has 4 heterocycles. The van der Waals surface area contributed by atoms with Gasteiger partial charge in [0.25, 0.3) is 0 Å². The number of carbonyl (C=O) groups excluding carboxylic acids is 1. The number of anilines is 1. The van der Waals surface area contributed by atoms with Crippen LogP contribution in [0.4, 0.5) is 19.4 Å². The number of carbonyl (C=O) groups is 1. The van der Waals surface area contributed by atoms with E-state index in [2.05, 4.69) is 14.9 Å². The van der Waals surface area contributed by atoms with E-state index >= 15 is 0 Å². The van der Waals surface area contributed by atoms with Crippen molar-refractivity contribution in [3.05, 3.63) is 17.3 Å². The number of rotatable bonds is 3. The molecule has 1 spiro atoms. The molecule has 158 valence electrons. The molecule has 2 saturated heterocycles. The maximum atomic E-state index is 12.8. The first-order valence-electron chi connectivity index (χ1n) is 9.89. The number of halogens is 2. The second-order valence-corrected chi connectivity index (χ2v) is 10.2. The predicted molar refractivity (Wildman–Crippen MR) is 109 cm³/mol. The molecule has 2 aliphatic rings. The van der Waals surface area contributed by atoms with Crippen LogP contribution in [0.25, 0.3) is 10.2 Å². The molecular formula is C20H26F2N4O2S. The lowest BCUT2D eigenvalue weighted by molar-refractivity contribution is 0.0276. The molecule has 0 saturated carbocycles. The van der Waals surface area contributed by atoms with Crippen LogP contribution in [0.15, 0.2) is 12.4 Å². The van der Waals surface area contributed by atoms with Crippen molar-refractivity contribution < 1.29 is 18.3 Å². The van der Waals surface area contributed by atoms with Gasteiger partial charge in [0, 0.05) is 42.9 Å². The number of amides is 1. The van der Waals surface area contributed by atoms with Crippen molar-refractivity contribution >= 4 is 33.5 Å².